The summed E-state index contributed by atoms with van der Waals surface area (Å²) in [6.07, 6.45) is 0.411. The fraction of sp³-hybridized carbons (Fsp3) is 0.0435. The highest BCUT2D eigenvalue weighted by molar-refractivity contribution is 7.18. The number of amides is 1. The van der Waals surface area contributed by atoms with Crippen molar-refractivity contribution in [2.45, 2.75) is 6.42 Å². The first-order valence-electron chi connectivity index (χ1n) is 9.38. The Labute approximate surface area is 176 Å². The van der Waals surface area contributed by atoms with Gasteiger partial charge in [0.15, 0.2) is 0 Å². The smallest absolute Gasteiger partial charge is 0.322 e. The van der Waals surface area contributed by atoms with E-state index in [0.29, 0.717) is 17.9 Å². The number of rotatable bonds is 5. The molecule has 2 heterocycles. The first kappa shape index (κ1) is 18.2. The molecule has 0 saturated heterocycles. The van der Waals surface area contributed by atoms with Crippen LogP contribution < -0.4 is 5.32 Å². The summed E-state index contributed by atoms with van der Waals surface area (Å²) < 4.78 is 6.68. The lowest BCUT2D eigenvalue weighted by Gasteiger charge is -2.00. The van der Waals surface area contributed by atoms with Crippen molar-refractivity contribution in [1.82, 2.24) is 15.2 Å². The maximum Gasteiger partial charge on any atom is 0.322 e. The molecule has 1 N–H and O–H groups in total. The van der Waals surface area contributed by atoms with Gasteiger partial charge in [0.1, 0.15) is 5.01 Å². The molecule has 0 saturated carbocycles. The number of anilines is 1. The number of fused-ring (bicyclic) bond motifs is 1. The van der Waals surface area contributed by atoms with Gasteiger partial charge in [-0.15, -0.1) is 16.4 Å². The number of benzene rings is 3. The second-order valence-electron chi connectivity index (χ2n) is 6.65. The normalized spacial score (nSPS) is 10.9. The maximum atomic E-state index is 12.2. The molecule has 0 fully saturated rings. The second kappa shape index (κ2) is 7.88. The van der Waals surface area contributed by atoms with Crippen LogP contribution in [0, 0.1) is 0 Å². The Morgan fingerprint density at radius 2 is 1.67 bits per heavy atom. The standard InChI is InChI=1S/C23H16N4O2S/c28-22(16-9-5-2-6-10-16)25-23-27-26-20(29-23)14-21-24-18-12-11-17(13-19(18)30-21)15-7-3-1-4-8-15/h1-13H,14H2,(H,25,27,28). The van der Waals surface area contributed by atoms with Crippen LogP contribution in [0.5, 0.6) is 0 Å². The molecule has 0 unspecified atom stereocenters. The van der Waals surface area contributed by atoms with E-state index in [1.165, 1.54) is 5.56 Å². The van der Waals surface area contributed by atoms with Crippen molar-refractivity contribution in [3.05, 3.63) is 95.3 Å². The third kappa shape index (κ3) is 3.83. The lowest BCUT2D eigenvalue weighted by molar-refractivity contribution is 0.102. The van der Waals surface area contributed by atoms with E-state index in [-0.39, 0.29) is 11.9 Å². The molecule has 3 aromatic carbocycles. The number of aromatic nitrogens is 3. The van der Waals surface area contributed by atoms with Gasteiger partial charge in [0, 0.05) is 5.56 Å². The van der Waals surface area contributed by atoms with Crippen molar-refractivity contribution in [3.8, 4) is 11.1 Å². The van der Waals surface area contributed by atoms with Crippen molar-refractivity contribution in [3.63, 3.8) is 0 Å². The third-order valence-corrected chi connectivity index (χ3v) is 5.58. The van der Waals surface area contributed by atoms with Crippen molar-refractivity contribution < 1.29 is 9.21 Å². The molecule has 7 heteroatoms. The molecule has 0 radical (unpaired) electrons. The van der Waals surface area contributed by atoms with Crippen molar-refractivity contribution >= 4 is 33.5 Å². The van der Waals surface area contributed by atoms with Crippen LogP contribution in [0.4, 0.5) is 6.01 Å². The lowest BCUT2D eigenvalue weighted by atomic mass is 10.1. The SMILES string of the molecule is O=C(Nc1nnc(Cc2nc3ccc(-c4ccccc4)cc3s2)o1)c1ccccc1. The molecule has 0 aliphatic carbocycles. The van der Waals surface area contributed by atoms with Crippen LogP contribution in [-0.4, -0.2) is 21.1 Å². The molecule has 0 spiro atoms. The van der Waals surface area contributed by atoms with E-state index in [9.17, 15) is 4.79 Å². The molecule has 2 aromatic heterocycles. The van der Waals surface area contributed by atoms with Crippen molar-refractivity contribution in [2.24, 2.45) is 0 Å². The van der Waals surface area contributed by atoms with Crippen LogP contribution in [0.3, 0.4) is 0 Å². The molecule has 0 aliphatic rings. The van der Waals surface area contributed by atoms with Crippen LogP contribution in [0.1, 0.15) is 21.3 Å². The molecule has 1 amide bonds. The zero-order valence-corrected chi connectivity index (χ0v) is 16.6. The monoisotopic (exact) mass is 412 g/mol. The zero-order valence-electron chi connectivity index (χ0n) is 15.8. The predicted octanol–water partition coefficient (Wildman–Crippen LogP) is 5.19. The summed E-state index contributed by atoms with van der Waals surface area (Å²) in [6, 6.07) is 25.4. The van der Waals surface area contributed by atoms with Crippen LogP contribution in [0.2, 0.25) is 0 Å². The first-order valence-corrected chi connectivity index (χ1v) is 10.2. The number of hydrogen-bond acceptors (Lipinski definition) is 6. The molecule has 5 rings (SSSR count). The van der Waals surface area contributed by atoms with Crippen LogP contribution >= 0.6 is 11.3 Å². The molecule has 0 aliphatic heterocycles. The summed E-state index contributed by atoms with van der Waals surface area (Å²) in [5.74, 6) is 0.111. The van der Waals surface area contributed by atoms with Gasteiger partial charge in [0.2, 0.25) is 5.89 Å². The Kier molecular flexibility index (Phi) is 4.78. The topological polar surface area (TPSA) is 80.9 Å². The van der Waals surface area contributed by atoms with Crippen LogP contribution in [0.25, 0.3) is 21.3 Å². The molecule has 30 heavy (non-hydrogen) atoms. The fourth-order valence-corrected chi connectivity index (χ4v) is 4.12. The number of hydrogen-bond donors (Lipinski definition) is 1. The minimum absolute atomic E-state index is 0.0753. The number of carbonyl (C=O) groups excluding carboxylic acids is 1. The molecule has 0 bridgehead atoms. The van der Waals surface area contributed by atoms with Gasteiger partial charge in [-0.25, -0.2) is 4.98 Å². The Hall–Kier alpha value is -3.84. The van der Waals surface area contributed by atoms with Crippen LogP contribution in [-0.2, 0) is 6.42 Å². The number of carbonyl (C=O) groups is 1. The average molecular weight is 412 g/mol. The van der Waals surface area contributed by atoms with Crippen molar-refractivity contribution in [2.75, 3.05) is 5.32 Å². The summed E-state index contributed by atoms with van der Waals surface area (Å²) in [5.41, 5.74) is 3.79. The second-order valence-corrected chi connectivity index (χ2v) is 7.77. The van der Waals surface area contributed by atoms with E-state index in [4.69, 9.17) is 4.42 Å². The number of nitrogens with one attached hydrogen (secondary N) is 1. The number of nitrogens with zero attached hydrogens (tertiary/aromatic N) is 3. The van der Waals surface area contributed by atoms with Gasteiger partial charge < -0.3 is 4.42 Å². The lowest BCUT2D eigenvalue weighted by Crippen LogP contribution is -2.11. The van der Waals surface area contributed by atoms with E-state index in [2.05, 4.69) is 44.8 Å². The minimum atomic E-state index is -0.292. The fourth-order valence-electron chi connectivity index (χ4n) is 3.12. The quantitative estimate of drug-likeness (QED) is 0.430. The summed E-state index contributed by atoms with van der Waals surface area (Å²) in [7, 11) is 0. The zero-order chi connectivity index (χ0) is 20.3. The summed E-state index contributed by atoms with van der Waals surface area (Å²) in [6.45, 7) is 0. The van der Waals surface area contributed by atoms with E-state index in [0.717, 1.165) is 20.8 Å². The third-order valence-electron chi connectivity index (χ3n) is 4.57. The van der Waals surface area contributed by atoms with Gasteiger partial charge in [0.05, 0.1) is 16.6 Å². The average Bonchev–Trinajstić information content (AvgIpc) is 3.40. The van der Waals surface area contributed by atoms with E-state index in [1.54, 1.807) is 35.6 Å². The minimum Gasteiger partial charge on any atom is -0.407 e. The Morgan fingerprint density at radius 1 is 0.900 bits per heavy atom. The molecular weight excluding hydrogens is 396 g/mol. The largest absolute Gasteiger partial charge is 0.407 e. The molecule has 146 valence electrons. The number of thiazole rings is 1. The van der Waals surface area contributed by atoms with Crippen molar-refractivity contribution in [1.29, 1.82) is 0 Å². The van der Waals surface area contributed by atoms with Gasteiger partial charge in [-0.05, 0) is 35.4 Å². The van der Waals surface area contributed by atoms with Crippen LogP contribution in [0.15, 0.2) is 83.3 Å². The van der Waals surface area contributed by atoms with Gasteiger partial charge >= 0.3 is 6.01 Å². The highest BCUT2D eigenvalue weighted by Crippen LogP contribution is 2.29. The van der Waals surface area contributed by atoms with Gasteiger partial charge in [-0.2, -0.15) is 0 Å². The highest BCUT2D eigenvalue weighted by Gasteiger charge is 2.14. The van der Waals surface area contributed by atoms with Gasteiger partial charge in [-0.1, -0.05) is 59.7 Å². The molecular formula is C23H16N4O2S. The Balaban J connectivity index is 1.32. The van der Waals surface area contributed by atoms with E-state index >= 15 is 0 Å². The molecule has 0 atom stereocenters. The Morgan fingerprint density at radius 3 is 2.47 bits per heavy atom. The summed E-state index contributed by atoms with van der Waals surface area (Å²) in [5, 5.41) is 11.4. The first-order chi connectivity index (χ1) is 14.7. The highest BCUT2D eigenvalue weighted by atomic mass is 32.1. The van der Waals surface area contributed by atoms with E-state index in [1.807, 2.05) is 30.3 Å². The summed E-state index contributed by atoms with van der Waals surface area (Å²) >= 11 is 1.59. The molecule has 5 aromatic rings. The summed E-state index contributed by atoms with van der Waals surface area (Å²) in [4.78, 5) is 16.9. The van der Waals surface area contributed by atoms with Gasteiger partial charge in [-0.3, -0.25) is 10.1 Å². The Bertz CT molecular complexity index is 1310. The molecule has 6 nitrogen and oxygen atoms in total. The maximum absolute atomic E-state index is 12.2. The van der Waals surface area contributed by atoms with Gasteiger partial charge in [0.25, 0.3) is 5.91 Å². The van der Waals surface area contributed by atoms with E-state index < -0.39 is 0 Å². The predicted molar refractivity (Wildman–Crippen MR) is 117 cm³/mol.